The highest BCUT2D eigenvalue weighted by Gasteiger charge is 2.46. The number of sulfone groups is 1. The van der Waals surface area contributed by atoms with Gasteiger partial charge in [-0.1, -0.05) is 6.07 Å². The van der Waals surface area contributed by atoms with E-state index in [1.54, 1.807) is 18.2 Å². The molecule has 0 aromatic heterocycles. The molecule has 2 fully saturated rings. The standard InChI is InChI=1S/C17H23NO5S/c1-22-14-5-4-6-15(23-2)16(14)17(19)18-11-7-8-12(18)10-13(9-11)24(3,20)21/h4-6,11-13H,7-10H2,1-3H3. The van der Waals surface area contributed by atoms with Crippen LogP contribution in [0.1, 0.15) is 36.0 Å². The van der Waals surface area contributed by atoms with E-state index in [1.165, 1.54) is 20.5 Å². The van der Waals surface area contributed by atoms with Crippen LogP contribution in [0.15, 0.2) is 18.2 Å². The monoisotopic (exact) mass is 353 g/mol. The maximum atomic E-state index is 13.2. The minimum absolute atomic E-state index is 0.0365. The van der Waals surface area contributed by atoms with Gasteiger partial charge in [0, 0.05) is 18.3 Å². The van der Waals surface area contributed by atoms with E-state index in [9.17, 15) is 13.2 Å². The first-order valence-corrected chi connectivity index (χ1v) is 10.0. The third-order valence-electron chi connectivity index (χ3n) is 5.17. The normalized spacial score (nSPS) is 26.3. The third-order valence-corrected chi connectivity index (χ3v) is 6.77. The zero-order chi connectivity index (χ0) is 17.5. The molecule has 2 bridgehead atoms. The van der Waals surface area contributed by atoms with Gasteiger partial charge < -0.3 is 14.4 Å². The Morgan fingerprint density at radius 3 is 2.00 bits per heavy atom. The van der Waals surface area contributed by atoms with E-state index in [2.05, 4.69) is 0 Å². The predicted molar refractivity (Wildman–Crippen MR) is 90.4 cm³/mol. The van der Waals surface area contributed by atoms with Crippen molar-refractivity contribution in [3.63, 3.8) is 0 Å². The van der Waals surface area contributed by atoms with Gasteiger partial charge in [0.25, 0.3) is 5.91 Å². The average molecular weight is 353 g/mol. The van der Waals surface area contributed by atoms with Gasteiger partial charge in [-0.25, -0.2) is 8.42 Å². The lowest BCUT2D eigenvalue weighted by atomic mass is 10.00. The Kier molecular flexibility index (Phi) is 4.46. The molecule has 2 aliphatic heterocycles. The number of carbonyl (C=O) groups excluding carboxylic acids is 1. The predicted octanol–water partition coefficient (Wildman–Crippen LogP) is 1.88. The molecule has 2 saturated heterocycles. The fourth-order valence-electron chi connectivity index (χ4n) is 4.00. The molecule has 0 spiro atoms. The molecule has 7 heteroatoms. The molecule has 2 heterocycles. The van der Waals surface area contributed by atoms with E-state index in [0.717, 1.165) is 12.8 Å². The highest BCUT2D eigenvalue weighted by Crippen LogP contribution is 2.41. The van der Waals surface area contributed by atoms with Crippen LogP contribution in [0, 0.1) is 0 Å². The van der Waals surface area contributed by atoms with Crippen LogP contribution in [0.25, 0.3) is 0 Å². The number of carbonyl (C=O) groups is 1. The number of amides is 1. The number of ether oxygens (including phenoxy) is 2. The van der Waals surface area contributed by atoms with Crippen LogP contribution in [0.5, 0.6) is 11.5 Å². The van der Waals surface area contributed by atoms with Crippen molar-refractivity contribution in [1.29, 1.82) is 0 Å². The lowest BCUT2D eigenvalue weighted by molar-refractivity contribution is 0.0591. The summed E-state index contributed by atoms with van der Waals surface area (Å²) in [6.07, 6.45) is 4.01. The van der Waals surface area contributed by atoms with Crippen LogP contribution in [0.4, 0.5) is 0 Å². The molecule has 1 amide bonds. The van der Waals surface area contributed by atoms with Gasteiger partial charge >= 0.3 is 0 Å². The number of fused-ring (bicyclic) bond motifs is 2. The van der Waals surface area contributed by atoms with Gasteiger partial charge in [-0.05, 0) is 37.8 Å². The van der Waals surface area contributed by atoms with Crippen molar-refractivity contribution in [1.82, 2.24) is 4.90 Å². The average Bonchev–Trinajstić information content (AvgIpc) is 2.81. The Bertz CT molecular complexity index is 709. The Balaban J connectivity index is 1.93. The topological polar surface area (TPSA) is 72.9 Å². The largest absolute Gasteiger partial charge is 0.496 e. The van der Waals surface area contributed by atoms with Crippen LogP contribution in [0.2, 0.25) is 0 Å². The quantitative estimate of drug-likeness (QED) is 0.826. The van der Waals surface area contributed by atoms with Gasteiger partial charge in [-0.15, -0.1) is 0 Å². The number of benzene rings is 1. The van der Waals surface area contributed by atoms with Gasteiger partial charge in [0.15, 0.2) is 0 Å². The Labute approximate surface area is 142 Å². The molecule has 24 heavy (non-hydrogen) atoms. The summed E-state index contributed by atoms with van der Waals surface area (Å²) in [5, 5.41) is -0.349. The van der Waals surface area contributed by atoms with E-state index < -0.39 is 9.84 Å². The van der Waals surface area contributed by atoms with Crippen molar-refractivity contribution in [3.8, 4) is 11.5 Å². The van der Waals surface area contributed by atoms with Crippen molar-refractivity contribution in [2.45, 2.75) is 43.0 Å². The number of rotatable bonds is 4. The second kappa shape index (κ2) is 6.27. The minimum atomic E-state index is -3.08. The molecule has 1 aromatic carbocycles. The summed E-state index contributed by atoms with van der Waals surface area (Å²) in [7, 11) is -0.0308. The van der Waals surface area contributed by atoms with E-state index >= 15 is 0 Å². The van der Waals surface area contributed by atoms with Crippen molar-refractivity contribution >= 4 is 15.7 Å². The Morgan fingerprint density at radius 1 is 1.08 bits per heavy atom. The van der Waals surface area contributed by atoms with Gasteiger partial charge in [-0.2, -0.15) is 0 Å². The first-order valence-electron chi connectivity index (χ1n) is 8.09. The van der Waals surface area contributed by atoms with Crippen molar-refractivity contribution < 1.29 is 22.7 Å². The van der Waals surface area contributed by atoms with Crippen molar-refractivity contribution in [3.05, 3.63) is 23.8 Å². The number of hydrogen-bond acceptors (Lipinski definition) is 5. The number of hydrogen-bond donors (Lipinski definition) is 0. The minimum Gasteiger partial charge on any atom is -0.496 e. The van der Waals surface area contributed by atoms with Crippen molar-refractivity contribution in [2.75, 3.05) is 20.5 Å². The molecular weight excluding hydrogens is 330 g/mol. The Morgan fingerprint density at radius 2 is 1.58 bits per heavy atom. The van der Waals surface area contributed by atoms with Crippen LogP contribution in [0.3, 0.4) is 0 Å². The second-order valence-electron chi connectivity index (χ2n) is 6.56. The first kappa shape index (κ1) is 17.1. The highest BCUT2D eigenvalue weighted by atomic mass is 32.2. The van der Waals surface area contributed by atoms with Crippen molar-refractivity contribution in [2.24, 2.45) is 0 Å². The van der Waals surface area contributed by atoms with Crippen LogP contribution >= 0.6 is 0 Å². The summed E-state index contributed by atoms with van der Waals surface area (Å²) in [4.78, 5) is 15.0. The van der Waals surface area contributed by atoms with E-state index in [-0.39, 0.29) is 23.2 Å². The molecule has 3 rings (SSSR count). The summed E-state index contributed by atoms with van der Waals surface area (Å²) in [5.74, 6) is 0.816. The zero-order valence-corrected chi connectivity index (χ0v) is 15.0. The lowest BCUT2D eigenvalue weighted by Crippen LogP contribution is -2.49. The molecular formula is C17H23NO5S. The molecule has 0 N–H and O–H groups in total. The fourth-order valence-corrected chi connectivity index (χ4v) is 5.14. The van der Waals surface area contributed by atoms with E-state index in [0.29, 0.717) is 29.9 Å². The van der Waals surface area contributed by atoms with E-state index in [4.69, 9.17) is 9.47 Å². The first-order chi connectivity index (χ1) is 11.4. The maximum absolute atomic E-state index is 13.2. The molecule has 0 aliphatic carbocycles. The third kappa shape index (κ3) is 2.85. The second-order valence-corrected chi connectivity index (χ2v) is 8.88. The lowest BCUT2D eigenvalue weighted by Gasteiger charge is -2.38. The highest BCUT2D eigenvalue weighted by molar-refractivity contribution is 7.91. The molecule has 2 aliphatic rings. The van der Waals surface area contributed by atoms with Crippen LogP contribution < -0.4 is 9.47 Å². The van der Waals surface area contributed by atoms with Gasteiger partial charge in [0.1, 0.15) is 26.9 Å². The molecule has 0 saturated carbocycles. The smallest absolute Gasteiger partial charge is 0.261 e. The number of methoxy groups -OCH3 is 2. The SMILES string of the molecule is COc1cccc(OC)c1C(=O)N1C2CCC1CC(S(C)(=O)=O)C2. The van der Waals surface area contributed by atoms with Gasteiger partial charge in [-0.3, -0.25) is 4.79 Å². The zero-order valence-electron chi connectivity index (χ0n) is 14.2. The summed E-state index contributed by atoms with van der Waals surface area (Å²) < 4.78 is 34.5. The molecule has 132 valence electrons. The Hall–Kier alpha value is -1.76. The molecule has 2 unspecified atom stereocenters. The maximum Gasteiger partial charge on any atom is 0.261 e. The molecule has 0 radical (unpaired) electrons. The number of piperidine rings is 1. The van der Waals surface area contributed by atoms with E-state index in [1.807, 2.05) is 4.90 Å². The molecule has 6 nitrogen and oxygen atoms in total. The van der Waals surface area contributed by atoms with Crippen LogP contribution in [-0.2, 0) is 9.84 Å². The van der Waals surface area contributed by atoms with Crippen LogP contribution in [-0.4, -0.2) is 57.0 Å². The summed E-state index contributed by atoms with van der Waals surface area (Å²) in [5.41, 5.74) is 0.414. The summed E-state index contributed by atoms with van der Waals surface area (Å²) in [6, 6.07) is 5.18. The van der Waals surface area contributed by atoms with Gasteiger partial charge in [0.2, 0.25) is 0 Å². The fraction of sp³-hybridized carbons (Fsp3) is 0.588. The molecule has 1 aromatic rings. The number of nitrogens with zero attached hydrogens (tertiary/aromatic N) is 1. The van der Waals surface area contributed by atoms with Gasteiger partial charge in [0.05, 0.1) is 19.5 Å². The summed E-state index contributed by atoms with van der Waals surface area (Å²) >= 11 is 0. The summed E-state index contributed by atoms with van der Waals surface area (Å²) in [6.45, 7) is 0. The molecule has 2 atom stereocenters.